The minimum atomic E-state index is -0.237. The molecule has 0 bridgehead atoms. The number of aryl methyl sites for hydroxylation is 1. The molecule has 1 amide bonds. The Morgan fingerprint density at radius 1 is 1.18 bits per heavy atom. The normalized spacial score (nSPS) is 11.0. The summed E-state index contributed by atoms with van der Waals surface area (Å²) in [6, 6.07) is 13.6. The predicted octanol–water partition coefficient (Wildman–Crippen LogP) is 6.69. The Morgan fingerprint density at radius 3 is 2.61 bits per heavy atom. The molecule has 0 unspecified atom stereocenters. The van der Waals surface area contributed by atoms with E-state index in [1.165, 1.54) is 17.4 Å². The topological polar surface area (TPSA) is 51.2 Å². The first-order valence-corrected chi connectivity index (χ1v) is 11.0. The Balaban J connectivity index is 1.74. The molecule has 0 aliphatic carbocycles. The van der Waals surface area contributed by atoms with E-state index in [1.54, 1.807) is 6.08 Å². The number of thiazole rings is 1. The van der Waals surface area contributed by atoms with Crippen molar-refractivity contribution >= 4 is 60.3 Å². The third kappa shape index (κ3) is 5.31. The number of nitrogens with zero attached hydrogens (tertiary/aromatic N) is 1. The van der Waals surface area contributed by atoms with Gasteiger partial charge in [-0.2, -0.15) is 0 Å². The van der Waals surface area contributed by atoms with Gasteiger partial charge in [0.25, 0.3) is 0 Å². The molecule has 28 heavy (non-hydrogen) atoms. The highest BCUT2D eigenvalue weighted by atomic mass is 79.9. The van der Waals surface area contributed by atoms with Gasteiger partial charge < -0.3 is 4.74 Å². The molecular weight excluding hydrogens is 504 g/mol. The van der Waals surface area contributed by atoms with Crippen LogP contribution in [0.2, 0.25) is 0 Å². The summed E-state index contributed by atoms with van der Waals surface area (Å²) >= 11 is 8.34. The lowest BCUT2D eigenvalue weighted by molar-refractivity contribution is -0.111. The fourth-order valence-electron chi connectivity index (χ4n) is 2.57. The van der Waals surface area contributed by atoms with Crippen LogP contribution in [0.15, 0.2) is 57.5 Å². The highest BCUT2D eigenvalue weighted by Gasteiger charge is 2.11. The zero-order chi connectivity index (χ0) is 20.1. The van der Waals surface area contributed by atoms with Crippen molar-refractivity contribution in [1.29, 1.82) is 0 Å². The molecule has 0 spiro atoms. The maximum Gasteiger partial charge on any atom is 0.250 e. The van der Waals surface area contributed by atoms with Crippen molar-refractivity contribution in [2.45, 2.75) is 13.8 Å². The third-order valence-corrected chi connectivity index (χ3v) is 5.74. The lowest BCUT2D eigenvalue weighted by Crippen LogP contribution is -2.07. The van der Waals surface area contributed by atoms with Crippen molar-refractivity contribution in [2.24, 2.45) is 0 Å². The average Bonchev–Trinajstić information content (AvgIpc) is 3.02. The molecule has 7 heteroatoms. The number of hydrogen-bond acceptors (Lipinski definition) is 4. The van der Waals surface area contributed by atoms with E-state index in [2.05, 4.69) is 42.2 Å². The van der Waals surface area contributed by atoms with Gasteiger partial charge in [-0.05, 0) is 50.3 Å². The van der Waals surface area contributed by atoms with Gasteiger partial charge in [0.1, 0.15) is 5.75 Å². The lowest BCUT2D eigenvalue weighted by atomic mass is 10.1. The molecule has 3 rings (SSSR count). The minimum Gasteiger partial charge on any atom is -0.493 e. The van der Waals surface area contributed by atoms with Crippen molar-refractivity contribution in [2.75, 3.05) is 11.9 Å². The fourth-order valence-corrected chi connectivity index (χ4v) is 4.06. The van der Waals surface area contributed by atoms with E-state index in [4.69, 9.17) is 4.74 Å². The quantitative estimate of drug-likeness (QED) is 0.367. The van der Waals surface area contributed by atoms with Crippen LogP contribution in [0.25, 0.3) is 17.3 Å². The average molecular weight is 522 g/mol. The Labute approximate surface area is 184 Å². The Hall–Kier alpha value is -1.96. The van der Waals surface area contributed by atoms with Gasteiger partial charge in [0.2, 0.25) is 5.91 Å². The van der Waals surface area contributed by atoms with Crippen LogP contribution < -0.4 is 10.1 Å². The molecule has 0 saturated heterocycles. The number of rotatable bonds is 6. The van der Waals surface area contributed by atoms with Gasteiger partial charge in [0.15, 0.2) is 5.13 Å². The third-order valence-electron chi connectivity index (χ3n) is 3.83. The number of halogens is 2. The first-order chi connectivity index (χ1) is 13.5. The second-order valence-corrected chi connectivity index (χ2v) is 8.90. The van der Waals surface area contributed by atoms with Gasteiger partial charge in [-0.3, -0.25) is 10.1 Å². The fraction of sp³-hybridized carbons (Fsp3) is 0.143. The number of amides is 1. The van der Waals surface area contributed by atoms with E-state index in [-0.39, 0.29) is 5.91 Å². The standard InChI is InChI=1S/C21H18Br2N2O2S/c1-3-27-18-10-9-17(23)12-15(18)6-11-19(26)24-21-25-20(13(2)28-21)14-4-7-16(22)8-5-14/h4-12H,3H2,1-2H3,(H,24,25,26)/b11-6+. The zero-order valence-corrected chi connectivity index (χ0v) is 19.3. The summed E-state index contributed by atoms with van der Waals surface area (Å²) < 4.78 is 7.54. The van der Waals surface area contributed by atoms with E-state index in [1.807, 2.05) is 56.3 Å². The number of carbonyl (C=O) groups excluding carboxylic acids is 1. The summed E-state index contributed by atoms with van der Waals surface area (Å²) in [7, 11) is 0. The Kier molecular flexibility index (Phi) is 7.04. The second kappa shape index (κ2) is 9.49. The van der Waals surface area contributed by atoms with E-state index in [9.17, 15) is 4.79 Å². The van der Waals surface area contributed by atoms with Crippen LogP contribution in [-0.4, -0.2) is 17.5 Å². The Morgan fingerprint density at radius 2 is 1.89 bits per heavy atom. The molecule has 4 nitrogen and oxygen atoms in total. The van der Waals surface area contributed by atoms with Crippen molar-refractivity contribution < 1.29 is 9.53 Å². The molecule has 1 aromatic heterocycles. The molecule has 0 aliphatic rings. The van der Waals surface area contributed by atoms with Crippen LogP contribution >= 0.6 is 43.2 Å². The molecule has 2 aromatic carbocycles. The maximum absolute atomic E-state index is 12.4. The van der Waals surface area contributed by atoms with Crippen molar-refractivity contribution in [3.8, 4) is 17.0 Å². The lowest BCUT2D eigenvalue weighted by Gasteiger charge is -2.07. The van der Waals surface area contributed by atoms with Gasteiger partial charge in [0, 0.05) is 31.0 Å². The number of anilines is 1. The van der Waals surface area contributed by atoms with E-state index in [0.29, 0.717) is 11.7 Å². The van der Waals surface area contributed by atoms with Gasteiger partial charge >= 0.3 is 0 Å². The number of ether oxygens (including phenoxy) is 1. The summed E-state index contributed by atoms with van der Waals surface area (Å²) in [4.78, 5) is 18.0. The van der Waals surface area contributed by atoms with E-state index in [0.717, 1.165) is 36.4 Å². The number of carbonyl (C=O) groups is 1. The van der Waals surface area contributed by atoms with Crippen LogP contribution in [-0.2, 0) is 4.79 Å². The zero-order valence-electron chi connectivity index (χ0n) is 15.3. The van der Waals surface area contributed by atoms with Gasteiger partial charge in [0.05, 0.1) is 12.3 Å². The molecule has 0 aliphatic heterocycles. The molecule has 0 radical (unpaired) electrons. The number of benzene rings is 2. The first-order valence-electron chi connectivity index (χ1n) is 8.61. The van der Waals surface area contributed by atoms with Crippen LogP contribution in [0.3, 0.4) is 0 Å². The SMILES string of the molecule is CCOc1ccc(Br)cc1/C=C/C(=O)Nc1nc(-c2ccc(Br)cc2)c(C)s1. The van der Waals surface area contributed by atoms with Crippen molar-refractivity contribution in [1.82, 2.24) is 4.98 Å². The summed E-state index contributed by atoms with van der Waals surface area (Å²) in [5.41, 5.74) is 2.73. The maximum atomic E-state index is 12.4. The molecule has 1 N–H and O–H groups in total. The highest BCUT2D eigenvalue weighted by Crippen LogP contribution is 2.31. The summed E-state index contributed by atoms with van der Waals surface area (Å²) in [5.74, 6) is 0.496. The summed E-state index contributed by atoms with van der Waals surface area (Å²) in [5, 5.41) is 3.41. The molecule has 3 aromatic rings. The Bertz CT molecular complexity index is 1010. The van der Waals surface area contributed by atoms with Gasteiger partial charge in [-0.25, -0.2) is 4.98 Å². The number of nitrogens with one attached hydrogen (secondary N) is 1. The highest BCUT2D eigenvalue weighted by molar-refractivity contribution is 9.10. The molecule has 0 saturated carbocycles. The van der Waals surface area contributed by atoms with Crippen LogP contribution in [0.1, 0.15) is 17.4 Å². The van der Waals surface area contributed by atoms with E-state index < -0.39 is 0 Å². The monoisotopic (exact) mass is 520 g/mol. The van der Waals surface area contributed by atoms with Crippen LogP contribution in [0.4, 0.5) is 5.13 Å². The minimum absolute atomic E-state index is 0.237. The number of aromatic nitrogens is 1. The van der Waals surface area contributed by atoms with Crippen LogP contribution in [0, 0.1) is 6.92 Å². The first kappa shape index (κ1) is 20.8. The van der Waals surface area contributed by atoms with Gasteiger partial charge in [-0.1, -0.05) is 44.0 Å². The largest absolute Gasteiger partial charge is 0.493 e. The molecular formula is C21H18Br2N2O2S. The van der Waals surface area contributed by atoms with Crippen molar-refractivity contribution in [3.05, 3.63) is 67.9 Å². The van der Waals surface area contributed by atoms with E-state index >= 15 is 0 Å². The summed E-state index contributed by atoms with van der Waals surface area (Å²) in [6.07, 6.45) is 3.22. The smallest absolute Gasteiger partial charge is 0.250 e. The van der Waals surface area contributed by atoms with Crippen LogP contribution in [0.5, 0.6) is 5.75 Å². The van der Waals surface area contributed by atoms with Crippen molar-refractivity contribution in [3.63, 3.8) is 0 Å². The summed E-state index contributed by atoms with van der Waals surface area (Å²) in [6.45, 7) is 4.48. The molecule has 144 valence electrons. The molecule has 0 atom stereocenters. The second-order valence-electron chi connectivity index (χ2n) is 5.87. The predicted molar refractivity (Wildman–Crippen MR) is 123 cm³/mol. The number of hydrogen-bond donors (Lipinski definition) is 1. The molecule has 0 fully saturated rings. The van der Waals surface area contributed by atoms with Gasteiger partial charge in [-0.15, -0.1) is 11.3 Å². The molecule has 1 heterocycles.